The van der Waals surface area contributed by atoms with Crippen LogP contribution in [-0.4, -0.2) is 36.0 Å². The van der Waals surface area contributed by atoms with E-state index in [1.165, 1.54) is 0 Å². The van der Waals surface area contributed by atoms with Crippen molar-refractivity contribution in [2.75, 3.05) is 13.1 Å². The van der Waals surface area contributed by atoms with E-state index in [9.17, 15) is 4.79 Å². The first-order valence-corrected chi connectivity index (χ1v) is 6.74. The molecule has 0 fully saturated rings. The van der Waals surface area contributed by atoms with Crippen molar-refractivity contribution in [3.8, 4) is 6.07 Å². The fraction of sp³-hybridized carbons (Fsp3) is 0.857. The Morgan fingerprint density at radius 1 is 1.17 bits per heavy atom. The minimum absolute atomic E-state index is 0.0568. The first-order chi connectivity index (χ1) is 8.31. The predicted octanol–water partition coefficient (Wildman–Crippen LogP) is 2.02. The molecule has 0 aliphatic rings. The largest absolute Gasteiger partial charge is 0.354 e. The lowest BCUT2D eigenvalue weighted by molar-refractivity contribution is -0.124. The van der Waals surface area contributed by atoms with Gasteiger partial charge >= 0.3 is 0 Å². The van der Waals surface area contributed by atoms with Gasteiger partial charge in [0.15, 0.2) is 0 Å². The van der Waals surface area contributed by atoms with Gasteiger partial charge < -0.3 is 5.32 Å². The molecule has 0 aromatic heterocycles. The van der Waals surface area contributed by atoms with Crippen molar-refractivity contribution < 1.29 is 4.79 Å². The molecule has 1 unspecified atom stereocenters. The summed E-state index contributed by atoms with van der Waals surface area (Å²) >= 11 is 0. The summed E-state index contributed by atoms with van der Waals surface area (Å²) in [5, 5.41) is 11.8. The van der Waals surface area contributed by atoms with Gasteiger partial charge in [0.1, 0.15) is 5.92 Å². The fourth-order valence-electron chi connectivity index (χ4n) is 2.04. The molecule has 1 atom stereocenters. The fourth-order valence-corrected chi connectivity index (χ4v) is 2.04. The highest BCUT2D eigenvalue weighted by molar-refractivity contribution is 5.81. The van der Waals surface area contributed by atoms with Crippen LogP contribution < -0.4 is 5.32 Å². The number of rotatable bonds is 7. The van der Waals surface area contributed by atoms with Gasteiger partial charge in [-0.2, -0.15) is 5.26 Å². The minimum Gasteiger partial charge on any atom is -0.354 e. The maximum atomic E-state index is 11.8. The zero-order valence-electron chi connectivity index (χ0n) is 12.5. The number of nitrogens with zero attached hydrogens (tertiary/aromatic N) is 2. The normalized spacial score (nSPS) is 13.2. The summed E-state index contributed by atoms with van der Waals surface area (Å²) in [7, 11) is 0. The number of hydrogen-bond donors (Lipinski definition) is 1. The molecule has 0 aliphatic carbocycles. The molecule has 0 aromatic carbocycles. The van der Waals surface area contributed by atoms with Gasteiger partial charge in [-0.1, -0.05) is 13.8 Å². The Balaban J connectivity index is 4.18. The molecule has 4 heteroatoms. The second-order valence-corrected chi connectivity index (χ2v) is 5.57. The van der Waals surface area contributed by atoms with Crippen LogP contribution in [0.3, 0.4) is 0 Å². The van der Waals surface area contributed by atoms with Crippen molar-refractivity contribution in [1.29, 1.82) is 5.26 Å². The Hall–Kier alpha value is -1.08. The molecule has 0 rings (SSSR count). The molecule has 18 heavy (non-hydrogen) atoms. The second-order valence-electron chi connectivity index (χ2n) is 5.57. The van der Waals surface area contributed by atoms with E-state index in [4.69, 9.17) is 5.26 Å². The van der Waals surface area contributed by atoms with Crippen LogP contribution in [0.2, 0.25) is 0 Å². The average molecular weight is 253 g/mol. The maximum Gasteiger partial charge on any atom is 0.237 e. The van der Waals surface area contributed by atoms with E-state index >= 15 is 0 Å². The molecular formula is C14H27N3O. The van der Waals surface area contributed by atoms with E-state index in [2.05, 4.69) is 44.0 Å². The van der Waals surface area contributed by atoms with Crippen molar-refractivity contribution >= 4 is 5.91 Å². The molecule has 0 bridgehead atoms. The predicted molar refractivity (Wildman–Crippen MR) is 73.9 cm³/mol. The van der Waals surface area contributed by atoms with Crippen LogP contribution in [0.15, 0.2) is 0 Å². The third kappa shape index (κ3) is 5.50. The molecule has 0 aliphatic heterocycles. The number of hydrogen-bond acceptors (Lipinski definition) is 3. The van der Waals surface area contributed by atoms with E-state index < -0.39 is 5.92 Å². The van der Waals surface area contributed by atoms with Crippen molar-refractivity contribution in [3.63, 3.8) is 0 Å². The van der Waals surface area contributed by atoms with Crippen LogP contribution in [-0.2, 0) is 4.79 Å². The van der Waals surface area contributed by atoms with Gasteiger partial charge in [-0.25, -0.2) is 0 Å². The lowest BCUT2D eigenvalue weighted by Crippen LogP contribution is -2.43. The summed E-state index contributed by atoms with van der Waals surface area (Å²) in [6.07, 6.45) is 0. The highest BCUT2D eigenvalue weighted by atomic mass is 16.1. The monoisotopic (exact) mass is 253 g/mol. The lowest BCUT2D eigenvalue weighted by Gasteiger charge is -2.30. The Morgan fingerprint density at radius 3 is 2.00 bits per heavy atom. The standard InChI is InChI=1S/C14H27N3O/c1-10(2)13(9-15)14(18)16-7-8-17(11(3)4)12(5)6/h10-13H,7-8H2,1-6H3,(H,16,18). The summed E-state index contributed by atoms with van der Waals surface area (Å²) in [5.41, 5.74) is 0. The van der Waals surface area contributed by atoms with Gasteiger partial charge in [-0.15, -0.1) is 0 Å². The van der Waals surface area contributed by atoms with Crippen molar-refractivity contribution in [3.05, 3.63) is 0 Å². The van der Waals surface area contributed by atoms with Crippen molar-refractivity contribution in [1.82, 2.24) is 10.2 Å². The first kappa shape index (κ1) is 16.9. The number of carbonyl (C=O) groups is 1. The summed E-state index contributed by atoms with van der Waals surface area (Å²) in [4.78, 5) is 14.1. The Bertz CT molecular complexity index is 284. The van der Waals surface area contributed by atoms with Crippen molar-refractivity contribution in [2.24, 2.45) is 11.8 Å². The molecular weight excluding hydrogens is 226 g/mol. The first-order valence-electron chi connectivity index (χ1n) is 6.74. The average Bonchev–Trinajstić information content (AvgIpc) is 2.23. The molecule has 0 aromatic rings. The van der Waals surface area contributed by atoms with E-state index in [1.54, 1.807) is 0 Å². The Kier molecular flexibility index (Phi) is 7.61. The van der Waals surface area contributed by atoms with Crippen molar-refractivity contribution in [2.45, 2.75) is 53.6 Å². The zero-order valence-corrected chi connectivity index (χ0v) is 12.5. The molecule has 0 saturated carbocycles. The number of nitriles is 1. The number of amides is 1. The summed E-state index contributed by atoms with van der Waals surface area (Å²) in [6.45, 7) is 13.8. The van der Waals surface area contributed by atoms with E-state index in [-0.39, 0.29) is 11.8 Å². The molecule has 104 valence electrons. The topological polar surface area (TPSA) is 56.1 Å². The summed E-state index contributed by atoms with van der Waals surface area (Å²) < 4.78 is 0. The van der Waals surface area contributed by atoms with Gasteiger partial charge in [0.05, 0.1) is 6.07 Å². The number of nitrogens with one attached hydrogen (secondary N) is 1. The van der Waals surface area contributed by atoms with E-state index in [0.717, 1.165) is 6.54 Å². The Morgan fingerprint density at radius 2 is 1.67 bits per heavy atom. The number of carbonyl (C=O) groups excluding carboxylic acids is 1. The molecule has 1 N–H and O–H groups in total. The lowest BCUT2D eigenvalue weighted by atomic mass is 9.97. The van der Waals surface area contributed by atoms with Gasteiger partial charge in [0.25, 0.3) is 0 Å². The van der Waals surface area contributed by atoms with Crippen LogP contribution in [0.25, 0.3) is 0 Å². The zero-order chi connectivity index (χ0) is 14.3. The summed E-state index contributed by atoms with van der Waals surface area (Å²) in [6, 6.07) is 2.97. The minimum atomic E-state index is -0.545. The Labute approximate surface area is 111 Å². The molecule has 0 heterocycles. The SMILES string of the molecule is CC(C)C(C#N)C(=O)NCCN(C(C)C)C(C)C. The van der Waals surface area contributed by atoms with Gasteiger partial charge in [0.2, 0.25) is 5.91 Å². The molecule has 0 saturated heterocycles. The highest BCUT2D eigenvalue weighted by Crippen LogP contribution is 2.09. The van der Waals surface area contributed by atoms with Crippen LogP contribution >= 0.6 is 0 Å². The van der Waals surface area contributed by atoms with Gasteiger partial charge in [0, 0.05) is 25.2 Å². The van der Waals surface area contributed by atoms with Crippen LogP contribution in [0.4, 0.5) is 0 Å². The molecule has 0 radical (unpaired) electrons. The van der Waals surface area contributed by atoms with E-state index in [1.807, 2.05) is 13.8 Å². The highest BCUT2D eigenvalue weighted by Gasteiger charge is 2.21. The van der Waals surface area contributed by atoms with Crippen LogP contribution in [0.5, 0.6) is 0 Å². The summed E-state index contributed by atoms with van der Waals surface area (Å²) in [5.74, 6) is -0.641. The third-order valence-corrected chi connectivity index (χ3v) is 3.08. The van der Waals surface area contributed by atoms with Crippen LogP contribution in [0.1, 0.15) is 41.5 Å². The second kappa shape index (κ2) is 8.10. The van der Waals surface area contributed by atoms with Gasteiger partial charge in [-0.05, 0) is 33.6 Å². The van der Waals surface area contributed by atoms with Gasteiger partial charge in [-0.3, -0.25) is 9.69 Å². The third-order valence-electron chi connectivity index (χ3n) is 3.08. The van der Waals surface area contributed by atoms with E-state index in [0.29, 0.717) is 18.6 Å². The quantitative estimate of drug-likeness (QED) is 0.755. The van der Waals surface area contributed by atoms with Crippen LogP contribution in [0, 0.1) is 23.2 Å². The maximum absolute atomic E-state index is 11.8. The smallest absolute Gasteiger partial charge is 0.237 e. The molecule has 1 amide bonds. The molecule has 4 nitrogen and oxygen atoms in total. The molecule has 0 spiro atoms.